The lowest BCUT2D eigenvalue weighted by atomic mass is 10.2. The zero-order valence-electron chi connectivity index (χ0n) is 13.8. The third-order valence-electron chi connectivity index (χ3n) is 3.68. The summed E-state index contributed by atoms with van der Waals surface area (Å²) >= 11 is 1.74. The SMILES string of the molecule is Cc1nc(NCCCSCc2ccccc2F)c2cnn(C)c2n1. The number of hydrogen-bond acceptors (Lipinski definition) is 5. The normalized spacial score (nSPS) is 11.1. The Morgan fingerprint density at radius 3 is 2.92 bits per heavy atom. The molecule has 0 saturated carbocycles. The van der Waals surface area contributed by atoms with Crippen LogP contribution in [0.1, 0.15) is 17.8 Å². The highest BCUT2D eigenvalue weighted by atomic mass is 32.2. The topological polar surface area (TPSA) is 55.6 Å². The van der Waals surface area contributed by atoms with E-state index in [1.54, 1.807) is 28.7 Å². The maximum Gasteiger partial charge on any atom is 0.163 e. The Hall–Kier alpha value is -2.15. The molecule has 1 aromatic carbocycles. The number of rotatable bonds is 7. The third kappa shape index (κ3) is 3.84. The lowest BCUT2D eigenvalue weighted by molar-refractivity contribution is 0.617. The summed E-state index contributed by atoms with van der Waals surface area (Å²) in [7, 11) is 1.87. The molecule has 7 heteroatoms. The Labute approximate surface area is 144 Å². The summed E-state index contributed by atoms with van der Waals surface area (Å²) in [5.74, 6) is 3.08. The lowest BCUT2D eigenvalue weighted by Gasteiger charge is -2.08. The Balaban J connectivity index is 1.48. The minimum absolute atomic E-state index is 0.126. The maximum absolute atomic E-state index is 13.5. The minimum atomic E-state index is -0.126. The van der Waals surface area contributed by atoms with Crippen LogP contribution in [0.4, 0.5) is 10.2 Å². The van der Waals surface area contributed by atoms with Crippen molar-refractivity contribution in [2.24, 2.45) is 7.05 Å². The van der Waals surface area contributed by atoms with E-state index in [1.807, 2.05) is 26.1 Å². The summed E-state index contributed by atoms with van der Waals surface area (Å²) in [4.78, 5) is 8.86. The molecule has 0 aliphatic heterocycles. The maximum atomic E-state index is 13.5. The van der Waals surface area contributed by atoms with Gasteiger partial charge in [-0.15, -0.1) is 0 Å². The van der Waals surface area contributed by atoms with Gasteiger partial charge < -0.3 is 5.32 Å². The van der Waals surface area contributed by atoms with Gasteiger partial charge in [0.05, 0.1) is 11.6 Å². The van der Waals surface area contributed by atoms with Gasteiger partial charge in [0.2, 0.25) is 0 Å². The number of thioether (sulfide) groups is 1. The largest absolute Gasteiger partial charge is 0.369 e. The van der Waals surface area contributed by atoms with Crippen LogP contribution >= 0.6 is 11.8 Å². The summed E-state index contributed by atoms with van der Waals surface area (Å²) in [5.41, 5.74) is 1.60. The number of benzene rings is 1. The monoisotopic (exact) mass is 345 g/mol. The van der Waals surface area contributed by atoms with Crippen LogP contribution in [0.3, 0.4) is 0 Å². The molecule has 2 aromatic heterocycles. The predicted octanol–water partition coefficient (Wildman–Crippen LogP) is 3.55. The molecule has 0 aliphatic rings. The fourth-order valence-corrected chi connectivity index (χ4v) is 3.39. The molecule has 3 rings (SSSR count). The van der Waals surface area contributed by atoms with Crippen LogP contribution in [0.25, 0.3) is 11.0 Å². The molecule has 1 N–H and O–H groups in total. The summed E-state index contributed by atoms with van der Waals surface area (Å²) in [6.45, 7) is 2.69. The second-order valence-corrected chi connectivity index (χ2v) is 6.65. The first-order valence-electron chi connectivity index (χ1n) is 7.86. The molecule has 0 fully saturated rings. The molecular weight excluding hydrogens is 325 g/mol. The first-order valence-corrected chi connectivity index (χ1v) is 9.02. The van der Waals surface area contributed by atoms with E-state index in [4.69, 9.17) is 0 Å². The number of aromatic nitrogens is 4. The summed E-state index contributed by atoms with van der Waals surface area (Å²) in [5, 5.41) is 8.52. The van der Waals surface area contributed by atoms with Gasteiger partial charge in [-0.3, -0.25) is 4.68 Å². The van der Waals surface area contributed by atoms with Gasteiger partial charge in [0.15, 0.2) is 5.65 Å². The van der Waals surface area contributed by atoms with Crippen LogP contribution in [0, 0.1) is 12.7 Å². The Bertz CT molecular complexity index is 833. The Morgan fingerprint density at radius 1 is 1.25 bits per heavy atom. The first-order chi connectivity index (χ1) is 11.6. The fraction of sp³-hybridized carbons (Fsp3) is 0.353. The van der Waals surface area contributed by atoms with Crippen LogP contribution < -0.4 is 5.32 Å². The van der Waals surface area contributed by atoms with E-state index < -0.39 is 0 Å². The third-order valence-corrected chi connectivity index (χ3v) is 4.77. The van der Waals surface area contributed by atoms with Crippen molar-refractivity contribution in [3.05, 3.63) is 47.7 Å². The molecule has 5 nitrogen and oxygen atoms in total. The Morgan fingerprint density at radius 2 is 2.08 bits per heavy atom. The van der Waals surface area contributed by atoms with E-state index >= 15 is 0 Å². The molecule has 0 amide bonds. The van der Waals surface area contributed by atoms with Gasteiger partial charge in [0.1, 0.15) is 17.5 Å². The standard InChI is InChI=1S/C17H20FN5S/c1-12-21-16(14-10-20-23(2)17(14)22-12)19-8-5-9-24-11-13-6-3-4-7-15(13)18/h3-4,6-7,10H,5,8-9,11H2,1-2H3,(H,19,21,22). The number of nitrogens with one attached hydrogen (secondary N) is 1. The second-order valence-electron chi connectivity index (χ2n) is 5.55. The van der Waals surface area contributed by atoms with Gasteiger partial charge in [-0.05, 0) is 30.7 Å². The van der Waals surface area contributed by atoms with Gasteiger partial charge in [-0.2, -0.15) is 16.9 Å². The van der Waals surface area contributed by atoms with Gasteiger partial charge in [0, 0.05) is 19.3 Å². The highest BCUT2D eigenvalue weighted by molar-refractivity contribution is 7.98. The zero-order chi connectivity index (χ0) is 16.9. The highest BCUT2D eigenvalue weighted by Crippen LogP contribution is 2.20. The smallest absolute Gasteiger partial charge is 0.163 e. The van der Waals surface area contributed by atoms with Crippen LogP contribution in [0.15, 0.2) is 30.5 Å². The van der Waals surface area contributed by atoms with Crippen molar-refractivity contribution in [2.75, 3.05) is 17.6 Å². The number of aryl methyl sites for hydroxylation is 2. The molecule has 0 atom stereocenters. The molecule has 0 aliphatic carbocycles. The quantitative estimate of drug-likeness (QED) is 0.664. The molecule has 0 spiro atoms. The molecule has 24 heavy (non-hydrogen) atoms. The second kappa shape index (κ2) is 7.61. The minimum Gasteiger partial charge on any atom is -0.369 e. The van der Waals surface area contributed by atoms with Crippen molar-refractivity contribution in [1.29, 1.82) is 0 Å². The molecule has 0 saturated heterocycles. The van der Waals surface area contributed by atoms with E-state index in [0.717, 1.165) is 47.0 Å². The van der Waals surface area contributed by atoms with Crippen LogP contribution in [-0.4, -0.2) is 32.0 Å². The number of halogens is 1. The number of anilines is 1. The molecular formula is C17H20FN5S. The molecule has 0 bridgehead atoms. The molecule has 0 radical (unpaired) electrons. The number of nitrogens with zero attached hydrogens (tertiary/aromatic N) is 4. The summed E-state index contributed by atoms with van der Waals surface area (Å²) in [6, 6.07) is 6.94. The fourth-order valence-electron chi connectivity index (χ4n) is 2.44. The first kappa shape index (κ1) is 16.7. The van der Waals surface area contributed by atoms with E-state index in [-0.39, 0.29) is 5.82 Å². The van der Waals surface area contributed by atoms with Gasteiger partial charge in [0.25, 0.3) is 0 Å². The van der Waals surface area contributed by atoms with Crippen molar-refractivity contribution in [3.63, 3.8) is 0 Å². The lowest BCUT2D eigenvalue weighted by Crippen LogP contribution is -2.07. The molecule has 126 valence electrons. The van der Waals surface area contributed by atoms with E-state index in [9.17, 15) is 4.39 Å². The zero-order valence-corrected chi connectivity index (χ0v) is 14.6. The average molecular weight is 345 g/mol. The number of fused-ring (bicyclic) bond motifs is 1. The van der Waals surface area contributed by atoms with E-state index in [0.29, 0.717) is 5.75 Å². The van der Waals surface area contributed by atoms with Crippen molar-refractivity contribution < 1.29 is 4.39 Å². The van der Waals surface area contributed by atoms with E-state index in [1.165, 1.54) is 6.07 Å². The highest BCUT2D eigenvalue weighted by Gasteiger charge is 2.09. The number of hydrogen-bond donors (Lipinski definition) is 1. The van der Waals surface area contributed by atoms with Crippen LogP contribution in [0.5, 0.6) is 0 Å². The van der Waals surface area contributed by atoms with Crippen molar-refractivity contribution in [3.8, 4) is 0 Å². The molecule has 3 aromatic rings. The van der Waals surface area contributed by atoms with Crippen LogP contribution in [0.2, 0.25) is 0 Å². The van der Waals surface area contributed by atoms with Crippen LogP contribution in [-0.2, 0) is 12.8 Å². The summed E-state index contributed by atoms with van der Waals surface area (Å²) < 4.78 is 15.3. The molecule has 0 unspecified atom stereocenters. The average Bonchev–Trinajstić information content (AvgIpc) is 2.93. The predicted molar refractivity (Wildman–Crippen MR) is 96.7 cm³/mol. The van der Waals surface area contributed by atoms with Gasteiger partial charge in [-0.1, -0.05) is 18.2 Å². The van der Waals surface area contributed by atoms with Crippen molar-refractivity contribution in [2.45, 2.75) is 19.1 Å². The van der Waals surface area contributed by atoms with Gasteiger partial charge >= 0.3 is 0 Å². The van der Waals surface area contributed by atoms with Gasteiger partial charge in [-0.25, -0.2) is 14.4 Å². The molecule has 2 heterocycles. The Kier molecular flexibility index (Phi) is 5.30. The summed E-state index contributed by atoms with van der Waals surface area (Å²) in [6.07, 6.45) is 2.76. The van der Waals surface area contributed by atoms with E-state index in [2.05, 4.69) is 20.4 Å². The van der Waals surface area contributed by atoms with Crippen molar-refractivity contribution >= 4 is 28.6 Å². The van der Waals surface area contributed by atoms with Crippen molar-refractivity contribution in [1.82, 2.24) is 19.7 Å².